The number of aromatic nitrogens is 4. The molecule has 0 bridgehead atoms. The summed E-state index contributed by atoms with van der Waals surface area (Å²) in [4.78, 5) is 38.9. The highest BCUT2D eigenvalue weighted by molar-refractivity contribution is 5.79. The molecule has 0 aliphatic carbocycles. The minimum atomic E-state index is -5.08. The summed E-state index contributed by atoms with van der Waals surface area (Å²) in [5.74, 6) is -1.05. The van der Waals surface area contributed by atoms with Crippen LogP contribution >= 0.6 is 0 Å². The second-order valence-electron chi connectivity index (χ2n) is 9.08. The molecule has 1 aliphatic heterocycles. The Kier molecular flexibility index (Phi) is 8.23. The van der Waals surface area contributed by atoms with E-state index in [1.807, 2.05) is 31.2 Å². The van der Waals surface area contributed by atoms with E-state index in [0.717, 1.165) is 54.5 Å². The van der Waals surface area contributed by atoms with E-state index in [1.54, 1.807) is 25.5 Å². The Balaban J connectivity index is 0.000000470. The fraction of sp³-hybridized carbons (Fsp3) is 0.320. The number of fused-ring (bicyclic) bond motifs is 1. The van der Waals surface area contributed by atoms with Gasteiger partial charge in [-0.3, -0.25) is 4.57 Å². The number of nitrogens with one attached hydrogen (secondary N) is 2. The van der Waals surface area contributed by atoms with Crippen LogP contribution in [-0.4, -0.2) is 74.9 Å². The van der Waals surface area contributed by atoms with Crippen LogP contribution in [-0.2, 0) is 11.8 Å². The summed E-state index contributed by atoms with van der Waals surface area (Å²) in [5.41, 5.74) is 3.72. The first-order valence-electron chi connectivity index (χ1n) is 12.1. The number of alkyl halides is 3. The lowest BCUT2D eigenvalue weighted by molar-refractivity contribution is -0.192. The summed E-state index contributed by atoms with van der Waals surface area (Å²) in [7, 11) is 3.82. The molecule has 212 valence electrons. The van der Waals surface area contributed by atoms with Crippen LogP contribution in [0.25, 0.3) is 11.1 Å². The first-order chi connectivity index (χ1) is 18.9. The van der Waals surface area contributed by atoms with E-state index in [9.17, 15) is 18.0 Å². The summed E-state index contributed by atoms with van der Waals surface area (Å²) >= 11 is 0. The Hall–Kier alpha value is -4.66. The molecule has 1 saturated heterocycles. The highest BCUT2D eigenvalue weighted by Crippen LogP contribution is 2.24. The zero-order valence-electron chi connectivity index (χ0n) is 21.9. The SMILES string of the molecule is Cc1cnc(Nc2ccc(N3CCN(C)CC3)nc2)nc1Nc1ccc2c(c1)oc(=O)n2C.O=C(O)C(F)(F)F. The van der Waals surface area contributed by atoms with Crippen molar-refractivity contribution in [3.8, 4) is 0 Å². The molecule has 1 fully saturated rings. The number of hydrogen-bond acceptors (Lipinski definition) is 10. The number of piperazine rings is 1. The van der Waals surface area contributed by atoms with Gasteiger partial charge in [-0.15, -0.1) is 0 Å². The van der Waals surface area contributed by atoms with E-state index in [1.165, 1.54) is 4.57 Å². The molecular weight excluding hydrogens is 533 g/mol. The summed E-state index contributed by atoms with van der Waals surface area (Å²) in [6.45, 7) is 5.96. The normalized spacial score (nSPS) is 14.0. The van der Waals surface area contributed by atoms with E-state index >= 15 is 0 Å². The first-order valence-corrected chi connectivity index (χ1v) is 12.1. The zero-order chi connectivity index (χ0) is 29.0. The zero-order valence-corrected chi connectivity index (χ0v) is 21.9. The van der Waals surface area contributed by atoms with Crippen molar-refractivity contribution in [3.05, 3.63) is 58.8 Å². The number of halogens is 3. The standard InChI is InChI=1S/C23H26N8O2.C2HF3O2/c1-15-13-25-22(27-17-5-7-20(24-14-17)31-10-8-29(2)9-11-31)28-21(15)26-16-4-6-18-19(12-16)33-23(32)30(18)3;3-2(4,5)1(6)7/h4-7,12-14H,8-11H2,1-3H3,(H2,25,26,27,28);(H,6,7). The number of aliphatic carboxylic acids is 1. The maximum atomic E-state index is 11.7. The molecule has 4 aromatic rings. The molecule has 0 radical (unpaired) electrons. The lowest BCUT2D eigenvalue weighted by atomic mass is 10.2. The van der Waals surface area contributed by atoms with Crippen LogP contribution in [0.1, 0.15) is 5.56 Å². The predicted octanol–water partition coefficient (Wildman–Crippen LogP) is 3.50. The molecule has 5 rings (SSSR count). The molecule has 0 saturated carbocycles. The van der Waals surface area contributed by atoms with Gasteiger partial charge in [0.2, 0.25) is 5.95 Å². The van der Waals surface area contributed by atoms with Gasteiger partial charge in [0.15, 0.2) is 5.58 Å². The van der Waals surface area contributed by atoms with Gasteiger partial charge in [0.25, 0.3) is 0 Å². The molecule has 40 heavy (non-hydrogen) atoms. The molecule has 1 aromatic carbocycles. The van der Waals surface area contributed by atoms with Crippen molar-refractivity contribution >= 4 is 46.0 Å². The molecule has 3 aromatic heterocycles. The van der Waals surface area contributed by atoms with Crippen LogP contribution < -0.4 is 21.3 Å². The van der Waals surface area contributed by atoms with Crippen molar-refractivity contribution in [2.45, 2.75) is 13.1 Å². The van der Waals surface area contributed by atoms with Crippen LogP contribution in [0.3, 0.4) is 0 Å². The van der Waals surface area contributed by atoms with E-state index in [-0.39, 0.29) is 5.76 Å². The summed E-state index contributed by atoms with van der Waals surface area (Å²) in [6, 6.07) is 9.51. The molecular formula is C25H27F3N8O4. The van der Waals surface area contributed by atoms with Gasteiger partial charge >= 0.3 is 17.9 Å². The number of nitrogens with zero attached hydrogens (tertiary/aromatic N) is 6. The predicted molar refractivity (Wildman–Crippen MR) is 142 cm³/mol. The number of carbonyl (C=O) groups is 1. The maximum absolute atomic E-state index is 11.7. The third-order valence-corrected chi connectivity index (χ3v) is 6.10. The highest BCUT2D eigenvalue weighted by Gasteiger charge is 2.38. The summed E-state index contributed by atoms with van der Waals surface area (Å²) in [5, 5.41) is 13.6. The third kappa shape index (κ3) is 6.85. The topological polar surface area (TPSA) is 142 Å². The molecule has 4 heterocycles. The van der Waals surface area contributed by atoms with Gasteiger partial charge < -0.3 is 30.0 Å². The minimum absolute atomic E-state index is 0.390. The molecule has 0 spiro atoms. The Morgan fingerprint density at radius 3 is 2.30 bits per heavy atom. The summed E-state index contributed by atoms with van der Waals surface area (Å²) < 4.78 is 38.5. The Bertz CT molecular complexity index is 1540. The summed E-state index contributed by atoms with van der Waals surface area (Å²) in [6.07, 6.45) is -1.53. The van der Waals surface area contributed by atoms with Gasteiger partial charge in [0.05, 0.1) is 17.4 Å². The number of likely N-dealkylation sites (N-methyl/N-ethyl adjacent to an activating group) is 1. The number of oxazole rings is 1. The third-order valence-electron chi connectivity index (χ3n) is 6.10. The van der Waals surface area contributed by atoms with Crippen LogP contribution in [0.4, 0.5) is 42.1 Å². The second kappa shape index (κ2) is 11.6. The van der Waals surface area contributed by atoms with Crippen LogP contribution in [0.2, 0.25) is 0 Å². The minimum Gasteiger partial charge on any atom is -0.475 e. The molecule has 12 nitrogen and oxygen atoms in total. The van der Waals surface area contributed by atoms with Crippen molar-refractivity contribution in [3.63, 3.8) is 0 Å². The number of anilines is 5. The van der Waals surface area contributed by atoms with Crippen molar-refractivity contribution in [2.75, 3.05) is 48.8 Å². The van der Waals surface area contributed by atoms with Gasteiger partial charge in [-0.05, 0) is 38.2 Å². The molecule has 0 atom stereocenters. The molecule has 3 N–H and O–H groups in total. The van der Waals surface area contributed by atoms with Gasteiger partial charge in [-0.2, -0.15) is 18.2 Å². The molecule has 0 unspecified atom stereocenters. The van der Waals surface area contributed by atoms with E-state index in [2.05, 4.69) is 42.4 Å². The average molecular weight is 561 g/mol. The van der Waals surface area contributed by atoms with Crippen LogP contribution in [0.15, 0.2) is 51.9 Å². The van der Waals surface area contributed by atoms with Crippen molar-refractivity contribution in [1.29, 1.82) is 0 Å². The monoisotopic (exact) mass is 560 g/mol. The molecule has 1 aliphatic rings. The van der Waals surface area contributed by atoms with E-state index in [0.29, 0.717) is 17.3 Å². The van der Waals surface area contributed by atoms with Crippen LogP contribution in [0.5, 0.6) is 0 Å². The van der Waals surface area contributed by atoms with Crippen molar-refractivity contribution in [1.82, 2.24) is 24.4 Å². The second-order valence-corrected chi connectivity index (χ2v) is 9.08. The van der Waals surface area contributed by atoms with Crippen molar-refractivity contribution in [2.24, 2.45) is 7.05 Å². The Labute approximate surface area is 226 Å². The van der Waals surface area contributed by atoms with Crippen molar-refractivity contribution < 1.29 is 27.5 Å². The number of hydrogen-bond donors (Lipinski definition) is 3. The maximum Gasteiger partial charge on any atom is 0.490 e. The largest absolute Gasteiger partial charge is 0.490 e. The lowest BCUT2D eigenvalue weighted by Crippen LogP contribution is -2.44. The highest BCUT2D eigenvalue weighted by atomic mass is 19.4. The van der Waals surface area contributed by atoms with Gasteiger partial charge in [0.1, 0.15) is 11.6 Å². The number of rotatable bonds is 5. The fourth-order valence-electron chi connectivity index (χ4n) is 3.79. The Morgan fingerprint density at radius 2 is 1.68 bits per heavy atom. The van der Waals surface area contributed by atoms with E-state index in [4.69, 9.17) is 14.3 Å². The smallest absolute Gasteiger partial charge is 0.475 e. The quantitative estimate of drug-likeness (QED) is 0.330. The number of carboxylic acids is 1. The number of pyridine rings is 1. The number of benzene rings is 1. The van der Waals surface area contributed by atoms with E-state index < -0.39 is 12.1 Å². The molecule has 15 heteroatoms. The lowest BCUT2D eigenvalue weighted by Gasteiger charge is -2.33. The first kappa shape index (κ1) is 28.4. The average Bonchev–Trinajstić information content (AvgIpc) is 3.19. The molecule has 0 amide bonds. The van der Waals surface area contributed by atoms with Crippen LogP contribution in [0, 0.1) is 6.92 Å². The number of carboxylic acid groups (broad SMARTS) is 1. The fourth-order valence-corrected chi connectivity index (χ4v) is 3.79. The number of aryl methyl sites for hydroxylation is 2. The Morgan fingerprint density at radius 1 is 1.00 bits per heavy atom. The van der Waals surface area contributed by atoms with Gasteiger partial charge in [-0.1, -0.05) is 0 Å². The van der Waals surface area contributed by atoms with Gasteiger partial charge in [0, 0.05) is 56.7 Å². The van der Waals surface area contributed by atoms with Gasteiger partial charge in [-0.25, -0.2) is 19.6 Å².